The largest absolute Gasteiger partial charge is 0.380 e. The van der Waals surface area contributed by atoms with Gasteiger partial charge in [0.15, 0.2) is 0 Å². The van der Waals surface area contributed by atoms with Crippen molar-refractivity contribution in [1.82, 2.24) is 4.90 Å². The van der Waals surface area contributed by atoms with Crippen LogP contribution in [-0.2, 0) is 17.8 Å². The molecular formula is C21H23FN2O2S. The molecule has 0 aliphatic heterocycles. The minimum Gasteiger partial charge on any atom is -0.380 e. The van der Waals surface area contributed by atoms with E-state index in [-0.39, 0.29) is 18.3 Å². The number of carbonyl (C=O) groups is 1. The second-order valence-electron chi connectivity index (χ2n) is 6.27. The monoisotopic (exact) mass is 386 g/mol. The zero-order chi connectivity index (χ0) is 19.2. The highest BCUT2D eigenvalue weighted by Gasteiger charge is 2.24. The average molecular weight is 386 g/mol. The maximum Gasteiger partial charge on any atom is 0.264 e. The molecule has 0 aliphatic carbocycles. The third kappa shape index (κ3) is 4.35. The summed E-state index contributed by atoms with van der Waals surface area (Å²) in [6.07, 6.45) is 0.742. The Balaban J connectivity index is 1.91. The smallest absolute Gasteiger partial charge is 0.264 e. The van der Waals surface area contributed by atoms with Gasteiger partial charge in [0.2, 0.25) is 0 Å². The fraction of sp³-hybridized carbons (Fsp3) is 0.286. The van der Waals surface area contributed by atoms with Gasteiger partial charge in [0.05, 0.1) is 11.5 Å². The lowest BCUT2D eigenvalue weighted by molar-refractivity contribution is 0.0762. The highest BCUT2D eigenvalue weighted by Crippen LogP contribution is 2.34. The van der Waals surface area contributed by atoms with E-state index < -0.39 is 0 Å². The van der Waals surface area contributed by atoms with E-state index in [1.165, 1.54) is 17.4 Å². The molecule has 2 aromatic carbocycles. The first kappa shape index (κ1) is 19.5. The van der Waals surface area contributed by atoms with E-state index in [4.69, 9.17) is 10.5 Å². The van der Waals surface area contributed by atoms with Crippen LogP contribution in [0, 0.1) is 5.82 Å². The number of nitrogens with two attached hydrogens (primary N) is 1. The van der Waals surface area contributed by atoms with Crippen molar-refractivity contribution >= 4 is 27.3 Å². The van der Waals surface area contributed by atoms with Crippen LogP contribution in [0.2, 0.25) is 0 Å². The van der Waals surface area contributed by atoms with Gasteiger partial charge in [-0.1, -0.05) is 36.4 Å². The Kier molecular flexibility index (Phi) is 6.55. The van der Waals surface area contributed by atoms with Crippen LogP contribution in [0.15, 0.2) is 48.5 Å². The Hall–Kier alpha value is -2.28. The molecule has 0 saturated heterocycles. The lowest BCUT2D eigenvalue weighted by Crippen LogP contribution is -2.37. The number of ether oxygens (including phenoxy) is 1. The summed E-state index contributed by atoms with van der Waals surface area (Å²) >= 11 is 1.31. The van der Waals surface area contributed by atoms with Crippen LogP contribution in [0.5, 0.6) is 0 Å². The topological polar surface area (TPSA) is 55.6 Å². The average Bonchev–Trinajstić information content (AvgIpc) is 3.05. The molecule has 1 aromatic heterocycles. The zero-order valence-corrected chi connectivity index (χ0v) is 16.1. The maximum atomic E-state index is 14.4. The summed E-state index contributed by atoms with van der Waals surface area (Å²) in [7, 11) is 1.55. The van der Waals surface area contributed by atoms with Crippen molar-refractivity contribution in [3.05, 3.63) is 70.4 Å². The van der Waals surface area contributed by atoms with E-state index in [1.54, 1.807) is 18.1 Å². The van der Waals surface area contributed by atoms with E-state index in [0.717, 1.165) is 16.7 Å². The summed E-state index contributed by atoms with van der Waals surface area (Å²) < 4.78 is 20.4. The fourth-order valence-electron chi connectivity index (χ4n) is 3.15. The lowest BCUT2D eigenvalue weighted by atomic mass is 10.1. The van der Waals surface area contributed by atoms with Gasteiger partial charge in [0.1, 0.15) is 5.82 Å². The number of amides is 1. The Morgan fingerprint density at radius 2 is 1.93 bits per heavy atom. The first-order chi connectivity index (χ1) is 13.2. The van der Waals surface area contributed by atoms with Crippen molar-refractivity contribution in [3.63, 3.8) is 0 Å². The van der Waals surface area contributed by atoms with Gasteiger partial charge in [-0.15, -0.1) is 11.3 Å². The van der Waals surface area contributed by atoms with Crippen molar-refractivity contribution < 1.29 is 13.9 Å². The van der Waals surface area contributed by atoms with Crippen molar-refractivity contribution in [1.29, 1.82) is 0 Å². The number of nitrogens with zero attached hydrogens (tertiary/aromatic N) is 1. The van der Waals surface area contributed by atoms with Gasteiger partial charge >= 0.3 is 0 Å². The first-order valence-electron chi connectivity index (χ1n) is 8.87. The molecule has 3 rings (SSSR count). The van der Waals surface area contributed by atoms with E-state index in [1.807, 2.05) is 36.4 Å². The normalized spacial score (nSPS) is 11.1. The predicted octanol–water partition coefficient (Wildman–Crippen LogP) is 3.83. The standard InChI is InChI=1S/C21H23FN2O2S/c1-26-14-16-19-17(22)8-5-9-18(19)27-20(16)21(25)24(13-11-23)12-10-15-6-3-2-4-7-15/h2-9H,10-14,23H2,1H3. The van der Waals surface area contributed by atoms with E-state index in [0.29, 0.717) is 35.5 Å². The van der Waals surface area contributed by atoms with Gasteiger partial charge in [-0.05, 0) is 24.1 Å². The molecule has 0 fully saturated rings. The Morgan fingerprint density at radius 3 is 2.63 bits per heavy atom. The fourth-order valence-corrected chi connectivity index (χ4v) is 4.34. The van der Waals surface area contributed by atoms with Crippen LogP contribution in [0.3, 0.4) is 0 Å². The number of carbonyl (C=O) groups excluding carboxylic acids is 1. The summed E-state index contributed by atoms with van der Waals surface area (Å²) in [6, 6.07) is 14.9. The molecule has 0 aliphatic rings. The third-order valence-corrected chi connectivity index (χ3v) is 5.63. The van der Waals surface area contributed by atoms with Crippen LogP contribution >= 0.6 is 11.3 Å². The van der Waals surface area contributed by atoms with E-state index >= 15 is 0 Å². The molecule has 3 aromatic rings. The van der Waals surface area contributed by atoms with Crippen molar-refractivity contribution in [2.75, 3.05) is 26.7 Å². The lowest BCUT2D eigenvalue weighted by Gasteiger charge is -2.22. The Labute approximate surface area is 162 Å². The second-order valence-corrected chi connectivity index (χ2v) is 7.32. The number of fused-ring (bicyclic) bond motifs is 1. The number of hydrogen-bond donors (Lipinski definition) is 1. The number of benzene rings is 2. The number of methoxy groups -OCH3 is 1. The van der Waals surface area contributed by atoms with Crippen molar-refractivity contribution in [3.8, 4) is 0 Å². The molecule has 0 bridgehead atoms. The van der Waals surface area contributed by atoms with Crippen LogP contribution < -0.4 is 5.73 Å². The number of halogens is 1. The molecule has 0 unspecified atom stereocenters. The SMILES string of the molecule is COCc1c(C(=O)N(CCN)CCc2ccccc2)sc2cccc(F)c12. The van der Waals surface area contributed by atoms with Gasteiger partial charge in [-0.2, -0.15) is 0 Å². The summed E-state index contributed by atoms with van der Waals surface area (Å²) in [5.74, 6) is -0.450. The Bertz CT molecular complexity index is 911. The van der Waals surface area contributed by atoms with Crippen molar-refractivity contribution in [2.24, 2.45) is 5.73 Å². The highest BCUT2D eigenvalue weighted by atomic mass is 32.1. The number of hydrogen-bond acceptors (Lipinski definition) is 4. The summed E-state index contributed by atoms with van der Waals surface area (Å²) in [5.41, 5.74) is 7.51. The molecule has 27 heavy (non-hydrogen) atoms. The van der Waals surface area contributed by atoms with E-state index in [9.17, 15) is 9.18 Å². The van der Waals surface area contributed by atoms with Crippen LogP contribution in [-0.4, -0.2) is 37.6 Å². The maximum absolute atomic E-state index is 14.4. The third-order valence-electron chi connectivity index (χ3n) is 4.45. The molecule has 142 valence electrons. The molecule has 0 spiro atoms. The van der Waals surface area contributed by atoms with Gasteiger partial charge in [0, 0.05) is 42.4 Å². The quantitative estimate of drug-likeness (QED) is 0.640. The minimum atomic E-state index is -0.329. The first-order valence-corrected chi connectivity index (χ1v) is 9.69. The van der Waals surface area contributed by atoms with Gasteiger partial charge in [-0.3, -0.25) is 4.79 Å². The second kappa shape index (κ2) is 9.08. The summed E-state index contributed by atoms with van der Waals surface area (Å²) in [5, 5.41) is 0.475. The molecule has 1 amide bonds. The number of thiophene rings is 1. The van der Waals surface area contributed by atoms with Crippen LogP contribution in [0.25, 0.3) is 10.1 Å². The molecule has 4 nitrogen and oxygen atoms in total. The summed E-state index contributed by atoms with van der Waals surface area (Å²) in [6.45, 7) is 1.58. The minimum absolute atomic E-state index is 0.121. The van der Waals surface area contributed by atoms with Crippen LogP contribution in [0.4, 0.5) is 4.39 Å². The number of rotatable bonds is 8. The predicted molar refractivity (Wildman–Crippen MR) is 108 cm³/mol. The van der Waals surface area contributed by atoms with Crippen LogP contribution in [0.1, 0.15) is 20.8 Å². The molecule has 6 heteroatoms. The van der Waals surface area contributed by atoms with Gasteiger partial charge < -0.3 is 15.4 Å². The molecular weight excluding hydrogens is 363 g/mol. The molecule has 1 heterocycles. The molecule has 2 N–H and O–H groups in total. The Morgan fingerprint density at radius 1 is 1.15 bits per heavy atom. The molecule has 0 radical (unpaired) electrons. The van der Waals surface area contributed by atoms with Gasteiger partial charge in [-0.25, -0.2) is 4.39 Å². The molecule has 0 atom stereocenters. The highest BCUT2D eigenvalue weighted by molar-refractivity contribution is 7.21. The molecule has 0 saturated carbocycles. The van der Waals surface area contributed by atoms with Gasteiger partial charge in [0.25, 0.3) is 5.91 Å². The van der Waals surface area contributed by atoms with Crippen molar-refractivity contribution in [2.45, 2.75) is 13.0 Å². The van der Waals surface area contributed by atoms with E-state index in [2.05, 4.69) is 0 Å². The zero-order valence-electron chi connectivity index (χ0n) is 15.3. The summed E-state index contributed by atoms with van der Waals surface area (Å²) in [4.78, 5) is 15.5.